The molecule has 0 heterocycles. The van der Waals surface area contributed by atoms with Gasteiger partial charge in [-0.3, -0.25) is 0 Å². The third-order valence-electron chi connectivity index (χ3n) is 1.12. The molecule has 0 atom stereocenters. The van der Waals surface area contributed by atoms with Crippen LogP contribution in [-0.4, -0.2) is 0 Å². The molecule has 0 aromatic heterocycles. The summed E-state index contributed by atoms with van der Waals surface area (Å²) in [5.41, 5.74) is 0. The lowest BCUT2D eigenvalue weighted by Gasteiger charge is -1.81. The zero-order chi connectivity index (χ0) is 6.95. The van der Waals surface area contributed by atoms with E-state index < -0.39 is 0 Å². The fourth-order valence-corrected chi connectivity index (χ4v) is 0.348. The van der Waals surface area contributed by atoms with Crippen LogP contribution in [0.4, 0.5) is 0 Å². The minimum atomic E-state index is 1.18. The predicted octanol–water partition coefficient (Wildman–Crippen LogP) is 3.53. The van der Waals surface area contributed by atoms with E-state index in [9.17, 15) is 0 Å². The summed E-state index contributed by atoms with van der Waals surface area (Å²) in [6.07, 6.45) is 10.2. The van der Waals surface area contributed by atoms with E-state index in [1.165, 1.54) is 38.5 Å². The van der Waals surface area contributed by atoms with Gasteiger partial charge in [0.1, 0.15) is 0 Å². The van der Waals surface area contributed by atoms with Crippen molar-refractivity contribution in [2.75, 3.05) is 0 Å². The van der Waals surface area contributed by atoms with Gasteiger partial charge < -0.3 is 0 Å². The standard InChI is InChI=1S/C6H12.C3H6/c1-3-5-6-4-2;1-2-3-1/h3H,1,4-6H2,2H3;1-3H2. The van der Waals surface area contributed by atoms with Gasteiger partial charge >= 0.3 is 0 Å². The van der Waals surface area contributed by atoms with E-state index in [2.05, 4.69) is 13.5 Å². The Labute approximate surface area is 59.0 Å². The fourth-order valence-electron chi connectivity index (χ4n) is 0.348. The molecule has 0 saturated heterocycles. The smallest absolute Gasteiger partial charge is 0.0354 e. The summed E-state index contributed by atoms with van der Waals surface area (Å²) in [6.45, 7) is 5.78. The first kappa shape index (κ1) is 8.74. The second kappa shape index (κ2) is 7.74. The maximum atomic E-state index is 3.60. The molecule has 1 aliphatic carbocycles. The molecule has 1 fully saturated rings. The molecule has 1 rings (SSSR count). The van der Waals surface area contributed by atoms with Crippen LogP contribution in [0.3, 0.4) is 0 Å². The van der Waals surface area contributed by atoms with Crippen molar-refractivity contribution in [3.63, 3.8) is 0 Å². The van der Waals surface area contributed by atoms with Crippen molar-refractivity contribution in [3.8, 4) is 0 Å². The Bertz CT molecular complexity index is 50.3. The Kier molecular flexibility index (Phi) is 7.52. The first-order chi connectivity index (χ1) is 4.41. The lowest BCUT2D eigenvalue weighted by Crippen LogP contribution is -1.61. The minimum Gasteiger partial charge on any atom is -0.103 e. The molecular weight excluding hydrogens is 108 g/mol. The molecule has 0 unspecified atom stereocenters. The molecule has 0 spiro atoms. The van der Waals surface area contributed by atoms with Crippen LogP contribution in [0.15, 0.2) is 12.7 Å². The van der Waals surface area contributed by atoms with Crippen LogP contribution in [0.25, 0.3) is 0 Å². The van der Waals surface area contributed by atoms with Gasteiger partial charge in [-0.25, -0.2) is 0 Å². The zero-order valence-electron chi connectivity index (χ0n) is 6.53. The van der Waals surface area contributed by atoms with E-state index in [1.807, 2.05) is 6.08 Å². The van der Waals surface area contributed by atoms with Crippen molar-refractivity contribution in [2.45, 2.75) is 45.4 Å². The van der Waals surface area contributed by atoms with Crippen LogP contribution in [0.1, 0.15) is 45.4 Å². The van der Waals surface area contributed by atoms with Crippen molar-refractivity contribution < 1.29 is 0 Å². The number of hydrogen-bond donors (Lipinski definition) is 0. The van der Waals surface area contributed by atoms with Gasteiger partial charge in [0.15, 0.2) is 0 Å². The lowest BCUT2D eigenvalue weighted by atomic mass is 10.3. The Morgan fingerprint density at radius 1 is 1.33 bits per heavy atom. The van der Waals surface area contributed by atoms with Gasteiger partial charge in [0.05, 0.1) is 0 Å². The molecule has 1 saturated carbocycles. The molecule has 0 heteroatoms. The Morgan fingerprint density at radius 2 is 1.89 bits per heavy atom. The lowest BCUT2D eigenvalue weighted by molar-refractivity contribution is 0.816. The van der Waals surface area contributed by atoms with Crippen molar-refractivity contribution in [1.29, 1.82) is 0 Å². The molecule has 0 radical (unpaired) electrons. The summed E-state index contributed by atoms with van der Waals surface area (Å²) in [5, 5.41) is 0. The topological polar surface area (TPSA) is 0 Å². The minimum absolute atomic E-state index is 1.18. The van der Waals surface area contributed by atoms with Crippen molar-refractivity contribution >= 4 is 0 Å². The molecular formula is C9H18. The van der Waals surface area contributed by atoms with Gasteiger partial charge in [-0.1, -0.05) is 45.1 Å². The van der Waals surface area contributed by atoms with Gasteiger partial charge in [-0.2, -0.15) is 0 Å². The number of rotatable bonds is 3. The number of hydrogen-bond acceptors (Lipinski definition) is 0. The fraction of sp³-hybridized carbons (Fsp3) is 0.778. The Hall–Kier alpha value is -0.260. The van der Waals surface area contributed by atoms with E-state index in [-0.39, 0.29) is 0 Å². The highest BCUT2D eigenvalue weighted by atomic mass is 14.0. The van der Waals surface area contributed by atoms with E-state index >= 15 is 0 Å². The zero-order valence-corrected chi connectivity index (χ0v) is 6.53. The number of allylic oxidation sites excluding steroid dienone is 1. The second-order valence-electron chi connectivity index (χ2n) is 2.49. The van der Waals surface area contributed by atoms with Crippen LogP contribution in [0.2, 0.25) is 0 Å². The average Bonchev–Trinajstić information content (AvgIpc) is 2.67. The predicted molar refractivity (Wildman–Crippen MR) is 43.6 cm³/mol. The van der Waals surface area contributed by atoms with Crippen molar-refractivity contribution in [3.05, 3.63) is 12.7 Å². The Morgan fingerprint density at radius 3 is 2.00 bits per heavy atom. The van der Waals surface area contributed by atoms with Crippen LogP contribution >= 0.6 is 0 Å². The van der Waals surface area contributed by atoms with Crippen LogP contribution in [0.5, 0.6) is 0 Å². The largest absolute Gasteiger partial charge is 0.103 e. The molecule has 0 N–H and O–H groups in total. The first-order valence-electron chi connectivity index (χ1n) is 4.02. The SMILES string of the molecule is C1CC1.C=CCCCC. The normalized spacial score (nSPS) is 13.4. The molecule has 0 aromatic rings. The van der Waals surface area contributed by atoms with Crippen molar-refractivity contribution in [1.82, 2.24) is 0 Å². The van der Waals surface area contributed by atoms with Crippen LogP contribution in [0, 0.1) is 0 Å². The van der Waals surface area contributed by atoms with Crippen molar-refractivity contribution in [2.24, 2.45) is 0 Å². The third kappa shape index (κ3) is 18.2. The van der Waals surface area contributed by atoms with Crippen LogP contribution < -0.4 is 0 Å². The molecule has 1 aliphatic rings. The monoisotopic (exact) mass is 126 g/mol. The summed E-state index contributed by atoms with van der Waals surface area (Å²) in [6, 6.07) is 0. The molecule has 0 aliphatic heterocycles. The highest BCUT2D eigenvalue weighted by molar-refractivity contribution is 4.64. The summed E-state index contributed by atoms with van der Waals surface area (Å²) in [7, 11) is 0. The average molecular weight is 126 g/mol. The third-order valence-corrected chi connectivity index (χ3v) is 1.12. The first-order valence-corrected chi connectivity index (χ1v) is 4.02. The number of unbranched alkanes of at least 4 members (excludes halogenated alkanes) is 2. The van der Waals surface area contributed by atoms with Gasteiger partial charge in [0, 0.05) is 0 Å². The van der Waals surface area contributed by atoms with E-state index in [4.69, 9.17) is 0 Å². The highest BCUT2D eigenvalue weighted by Gasteiger charge is 1.95. The van der Waals surface area contributed by atoms with Crippen LogP contribution in [-0.2, 0) is 0 Å². The molecule has 0 bridgehead atoms. The van der Waals surface area contributed by atoms with E-state index in [1.54, 1.807) is 0 Å². The maximum Gasteiger partial charge on any atom is -0.0354 e. The molecule has 0 amide bonds. The quantitative estimate of drug-likeness (QED) is 0.401. The molecule has 9 heavy (non-hydrogen) atoms. The highest BCUT2D eigenvalue weighted by Crippen LogP contribution is 2.14. The summed E-state index contributed by atoms with van der Waals surface area (Å²) in [4.78, 5) is 0. The maximum absolute atomic E-state index is 3.60. The van der Waals surface area contributed by atoms with Gasteiger partial charge in [-0.15, -0.1) is 6.58 Å². The van der Waals surface area contributed by atoms with Gasteiger partial charge in [0.25, 0.3) is 0 Å². The summed E-state index contributed by atoms with van der Waals surface area (Å²) >= 11 is 0. The summed E-state index contributed by atoms with van der Waals surface area (Å²) in [5.74, 6) is 0. The second-order valence-corrected chi connectivity index (χ2v) is 2.49. The molecule has 0 nitrogen and oxygen atoms in total. The summed E-state index contributed by atoms with van der Waals surface area (Å²) < 4.78 is 0. The Balaban J connectivity index is 0.000000173. The van der Waals surface area contributed by atoms with Gasteiger partial charge in [-0.05, 0) is 6.42 Å². The molecule has 54 valence electrons. The molecule has 0 aromatic carbocycles. The van der Waals surface area contributed by atoms with E-state index in [0.29, 0.717) is 0 Å². The van der Waals surface area contributed by atoms with Gasteiger partial charge in [0.2, 0.25) is 0 Å². The van der Waals surface area contributed by atoms with E-state index in [0.717, 1.165) is 0 Å².